The molecule has 28 rings (SSSR count). The second kappa shape index (κ2) is 28.6. The van der Waals surface area contributed by atoms with Gasteiger partial charge in [-0.3, -0.25) is 0 Å². The Labute approximate surface area is 782 Å². The van der Waals surface area contributed by atoms with E-state index in [1.54, 1.807) is 0 Å². The second-order valence-electron chi connectivity index (χ2n) is 37.9. The number of fused-ring (bicyclic) bond motifs is 30. The summed E-state index contributed by atoms with van der Waals surface area (Å²) in [6.07, 6.45) is 0. The molecule has 20 aromatic carbocycles. The lowest BCUT2D eigenvalue weighted by atomic mass is 9.64. The minimum Gasteiger partial charge on any atom is -0.455 e. The molecule has 0 atom stereocenters. The summed E-state index contributed by atoms with van der Waals surface area (Å²) in [4.78, 5) is 10.2. The number of nitrogens with zero attached hydrogens (tertiary/aromatic N) is 4. The zero-order chi connectivity index (χ0) is 88.6. The topological polar surface area (TPSA) is 26.1 Å². The van der Waals surface area contributed by atoms with E-state index in [0.717, 1.165) is 112 Å². The molecule has 2 aliphatic heterocycles. The van der Waals surface area contributed by atoms with Gasteiger partial charge in [0.1, 0.15) is 11.2 Å². The van der Waals surface area contributed by atoms with Crippen LogP contribution in [0.1, 0.15) is 94.5 Å². The van der Waals surface area contributed by atoms with E-state index in [-0.39, 0.29) is 10.8 Å². The molecule has 0 bridgehead atoms. The first kappa shape index (κ1) is 76.5. The maximum atomic E-state index is 7.35. The number of anilines is 12. The average molecular weight is 1730 g/mol. The summed E-state index contributed by atoms with van der Waals surface area (Å²) in [7, 11) is 0. The Morgan fingerprint density at radius 1 is 0.231 bits per heavy atom. The lowest BCUT2D eigenvalue weighted by Crippen LogP contribution is -2.36. The second-order valence-corrected chi connectivity index (χ2v) is 38.9. The van der Waals surface area contributed by atoms with Crippen molar-refractivity contribution < 1.29 is 4.42 Å². The molecule has 0 N–H and O–H groups in total. The summed E-state index contributed by atoms with van der Waals surface area (Å²) in [6.45, 7) is 9.58. The number of hydrogen-bond donors (Lipinski definition) is 0. The molecule has 22 aromatic rings. The van der Waals surface area contributed by atoms with Crippen molar-refractivity contribution >= 4 is 122 Å². The van der Waals surface area contributed by atoms with Crippen LogP contribution in [0.2, 0.25) is 0 Å². The molecule has 0 saturated heterocycles. The Bertz CT molecular complexity index is 8670. The first-order valence-electron chi connectivity index (χ1n) is 46.8. The molecule has 4 heterocycles. The smallest absolute Gasteiger partial charge is 0.143 e. The molecule has 4 aliphatic carbocycles. The minimum atomic E-state index is -0.722. The fourth-order valence-corrected chi connectivity index (χ4v) is 26.2. The third-order valence-electron chi connectivity index (χ3n) is 30.7. The highest BCUT2D eigenvalue weighted by atomic mass is 32.1. The predicted molar refractivity (Wildman–Crippen MR) is 559 cm³/mol. The van der Waals surface area contributed by atoms with Crippen molar-refractivity contribution in [1.82, 2.24) is 0 Å². The van der Waals surface area contributed by atoms with E-state index in [9.17, 15) is 0 Å². The number of hydrogen-bond acceptors (Lipinski definition) is 6. The molecule has 6 heteroatoms. The average Bonchev–Trinajstić information content (AvgIpc) is 1.47. The number of para-hydroxylation sites is 8. The van der Waals surface area contributed by atoms with Gasteiger partial charge in [0.25, 0.3) is 0 Å². The quantitative estimate of drug-likeness (QED) is 0.129. The van der Waals surface area contributed by atoms with Crippen molar-refractivity contribution in [1.29, 1.82) is 0 Å². The molecule has 5 nitrogen and oxygen atoms in total. The summed E-state index contributed by atoms with van der Waals surface area (Å²) in [5.41, 5.74) is 45.2. The molecule has 134 heavy (non-hydrogen) atoms. The highest BCUT2D eigenvalue weighted by Gasteiger charge is 2.55. The number of thiophene rings is 1. The van der Waals surface area contributed by atoms with Gasteiger partial charge in [-0.15, -0.1) is 11.3 Å². The first-order valence-corrected chi connectivity index (χ1v) is 47.6. The Hall–Kier alpha value is -16.4. The number of rotatable bonds is 11. The normalized spacial score (nSPS) is 14.5. The molecule has 6 aliphatic rings. The standard InChI is InChI=1S/C128H86N4OS/c1-125(2)99-47-15-8-36-85(99)87-73-71-83(77-109(87)125)131(117-63-32-55-107-121(117)96-41-10-17-49-101(96)127(107)103-51-19-25-59-113(103)129(81-34-6-5-7-35-81)114-60-26-20-52-104(114)127)111-57-23-12-38-89(111)92-43-30-44-93-98-76-80(68-75-119(98)133-123(92)93)79-66-69-82(70-67-79)130-115-61-27-21-53-105(115)128(106-54-22-28-62-116(106)130)102-50-18-11-42-97(102)122-108(128)56-33-64-118(122)132(84-72-74-88-86-37-9-16-48-100(86)126(3,4)110(88)78-84)112-58-24-13-39-90(112)94-45-31-46-95-91-40-14-29-65-120(91)134-124(94)95/h5-78H,1-4H3. The number of benzene rings is 20. The van der Waals surface area contributed by atoms with E-state index in [1.807, 2.05) is 11.3 Å². The van der Waals surface area contributed by atoms with Crippen LogP contribution in [0.5, 0.6) is 0 Å². The van der Waals surface area contributed by atoms with Crippen LogP contribution in [0.4, 0.5) is 68.2 Å². The van der Waals surface area contributed by atoms with Gasteiger partial charge in [-0.05, 0) is 227 Å². The highest BCUT2D eigenvalue weighted by molar-refractivity contribution is 7.26. The molecule has 0 fully saturated rings. The Balaban J connectivity index is 0.565. The maximum absolute atomic E-state index is 7.35. The van der Waals surface area contributed by atoms with E-state index < -0.39 is 10.8 Å². The van der Waals surface area contributed by atoms with Gasteiger partial charge in [0.2, 0.25) is 0 Å². The van der Waals surface area contributed by atoms with E-state index in [4.69, 9.17) is 4.42 Å². The van der Waals surface area contributed by atoms with Gasteiger partial charge in [0.05, 0.1) is 56.3 Å². The zero-order valence-corrected chi connectivity index (χ0v) is 75.1. The van der Waals surface area contributed by atoms with Crippen LogP contribution >= 0.6 is 11.3 Å². The SMILES string of the molecule is CC1(C)c2ccccc2-c2ccc(N(c3ccccc3-c3cccc4c3oc3ccc(-c5ccc(N6c7ccccc7C7(c8ccccc8-c8c(N(c9ccc%10c(c9)C(C)(C)c9ccccc9-%10)c9ccccc9-c9cccc%10c9sc9ccccc9%10)cccc87)c7ccccc76)cc5)cc34)c3cccc4c3-c3ccccc3C43c4ccccc4N(c4ccccc4)c4ccccc43)cc21. The minimum absolute atomic E-state index is 0.236. The monoisotopic (exact) mass is 1730 g/mol. The first-order chi connectivity index (χ1) is 66.0. The van der Waals surface area contributed by atoms with Crippen LogP contribution in [0.15, 0.2) is 453 Å². The van der Waals surface area contributed by atoms with E-state index in [0.29, 0.717) is 0 Å². The molecule has 0 unspecified atom stereocenters. The van der Waals surface area contributed by atoms with Crippen LogP contribution in [0.25, 0.3) is 120 Å². The highest BCUT2D eigenvalue weighted by Crippen LogP contribution is 2.69. The summed E-state index contributed by atoms with van der Waals surface area (Å²) in [5, 5.41) is 4.68. The van der Waals surface area contributed by atoms with Crippen LogP contribution in [-0.4, -0.2) is 0 Å². The summed E-state index contributed by atoms with van der Waals surface area (Å²) >= 11 is 1.89. The van der Waals surface area contributed by atoms with Crippen LogP contribution in [0, 0.1) is 0 Å². The van der Waals surface area contributed by atoms with Gasteiger partial charge in [0, 0.05) is 97.9 Å². The zero-order valence-electron chi connectivity index (χ0n) is 74.3. The Morgan fingerprint density at radius 3 is 1.12 bits per heavy atom. The van der Waals surface area contributed by atoms with Crippen molar-refractivity contribution in [2.75, 3.05) is 19.6 Å². The summed E-state index contributed by atoms with van der Waals surface area (Å²) in [5.74, 6) is 0. The van der Waals surface area contributed by atoms with E-state index >= 15 is 0 Å². The molecule has 0 saturated carbocycles. The van der Waals surface area contributed by atoms with Crippen molar-refractivity contribution in [3.05, 3.63) is 516 Å². The molecule has 0 amide bonds. The maximum Gasteiger partial charge on any atom is 0.143 e. The molecular weight excluding hydrogens is 1640 g/mol. The summed E-state index contributed by atoms with van der Waals surface area (Å²) < 4.78 is 9.93. The third-order valence-corrected chi connectivity index (χ3v) is 31.9. The van der Waals surface area contributed by atoms with Crippen molar-refractivity contribution in [2.45, 2.75) is 49.4 Å². The van der Waals surface area contributed by atoms with Crippen molar-refractivity contribution in [2.24, 2.45) is 0 Å². The predicted octanol–water partition coefficient (Wildman–Crippen LogP) is 34.8. The molecule has 2 aromatic heterocycles. The third kappa shape index (κ3) is 10.4. The summed E-state index contributed by atoms with van der Waals surface area (Å²) in [6, 6.07) is 170. The fourth-order valence-electron chi connectivity index (χ4n) is 25.0. The van der Waals surface area contributed by atoms with Crippen molar-refractivity contribution in [3.63, 3.8) is 0 Å². The van der Waals surface area contributed by atoms with Crippen LogP contribution in [-0.2, 0) is 21.7 Å². The lowest BCUT2D eigenvalue weighted by Gasteiger charge is -2.45. The van der Waals surface area contributed by atoms with Gasteiger partial charge in [0.15, 0.2) is 0 Å². The van der Waals surface area contributed by atoms with Crippen LogP contribution < -0.4 is 19.6 Å². The van der Waals surface area contributed by atoms with E-state index in [2.05, 4.69) is 496 Å². The largest absolute Gasteiger partial charge is 0.455 e. The molecular formula is C128H86N4OS. The van der Waals surface area contributed by atoms with Crippen LogP contribution in [0.3, 0.4) is 0 Å². The van der Waals surface area contributed by atoms with Gasteiger partial charge < -0.3 is 24.0 Å². The van der Waals surface area contributed by atoms with Crippen molar-refractivity contribution in [3.8, 4) is 77.9 Å². The van der Waals surface area contributed by atoms with Gasteiger partial charge >= 0.3 is 0 Å². The number of furan rings is 1. The Morgan fingerprint density at radius 2 is 0.597 bits per heavy atom. The van der Waals surface area contributed by atoms with Gasteiger partial charge in [-0.25, -0.2) is 0 Å². The molecule has 2 spiro atoms. The Kier molecular flexibility index (Phi) is 16.3. The van der Waals surface area contributed by atoms with E-state index in [1.165, 1.54) is 143 Å². The van der Waals surface area contributed by atoms with Gasteiger partial charge in [-0.2, -0.15) is 0 Å². The fraction of sp³-hybridized carbons (Fsp3) is 0.0625. The molecule has 0 radical (unpaired) electrons. The van der Waals surface area contributed by atoms with Gasteiger partial charge in [-0.1, -0.05) is 361 Å². The molecule has 630 valence electrons. The lowest BCUT2D eigenvalue weighted by molar-refractivity contribution is 0.660.